The molecule has 3 rings (SSSR count). The molecule has 0 unspecified atom stereocenters. The van der Waals surface area contributed by atoms with Crippen LogP contribution in [0.1, 0.15) is 12.8 Å². The number of hydrogen-bond acceptors (Lipinski definition) is 8. The van der Waals surface area contributed by atoms with Crippen molar-refractivity contribution in [3.63, 3.8) is 0 Å². The summed E-state index contributed by atoms with van der Waals surface area (Å²) in [6, 6.07) is 1.50. The number of amides is 3. The van der Waals surface area contributed by atoms with Crippen molar-refractivity contribution in [2.75, 3.05) is 63.8 Å². The molecule has 0 spiro atoms. The molecule has 35 heavy (non-hydrogen) atoms. The number of hydrogen-bond donors (Lipinski definition) is 2. The van der Waals surface area contributed by atoms with E-state index in [-0.39, 0.29) is 50.1 Å². The molecule has 1 atom stereocenters. The lowest BCUT2D eigenvalue weighted by Gasteiger charge is -2.24. The lowest BCUT2D eigenvalue weighted by atomic mass is 10.2. The number of guanidine groups is 1. The number of urea groups is 1. The number of benzene rings is 1. The number of nitrogens with one attached hydrogen (secondary N) is 2. The number of hydroxylamine groups is 2. The maximum Gasteiger partial charge on any atom is 0.414 e. The first-order valence-corrected chi connectivity index (χ1v) is 11.3. The van der Waals surface area contributed by atoms with Crippen LogP contribution < -0.4 is 15.1 Å². The Kier molecular flexibility index (Phi) is 8.62. The van der Waals surface area contributed by atoms with E-state index in [0.29, 0.717) is 17.9 Å². The van der Waals surface area contributed by atoms with Gasteiger partial charge in [0.1, 0.15) is 11.8 Å². The average Bonchev–Trinajstić information content (AvgIpc) is 3.01. The van der Waals surface area contributed by atoms with Crippen molar-refractivity contribution in [1.82, 2.24) is 15.3 Å². The summed E-state index contributed by atoms with van der Waals surface area (Å²) in [4.78, 5) is 34.0. The topological polar surface area (TPSA) is 111 Å². The highest BCUT2D eigenvalue weighted by Crippen LogP contribution is 2.32. The number of anilines is 2. The van der Waals surface area contributed by atoms with Gasteiger partial charge in [0.2, 0.25) is 0 Å². The normalized spacial score (nSPS) is 18.1. The fourth-order valence-electron chi connectivity index (χ4n) is 3.58. The number of halogens is 2. The molecule has 0 aromatic heterocycles. The maximum absolute atomic E-state index is 15.1. The summed E-state index contributed by atoms with van der Waals surface area (Å²) in [5, 5.41) is 11.5. The summed E-state index contributed by atoms with van der Waals surface area (Å²) in [6.07, 6.45) is -0.320. The number of nitrogens with zero attached hydrogens (tertiary/aromatic N) is 4. The van der Waals surface area contributed by atoms with Gasteiger partial charge < -0.3 is 19.3 Å². The average molecular weight is 515 g/mol. The molecule has 0 saturated carbocycles. The highest BCUT2D eigenvalue weighted by atomic mass is 32.1. The molecule has 11 nitrogen and oxygen atoms in total. The van der Waals surface area contributed by atoms with E-state index in [9.17, 15) is 9.59 Å². The third-order valence-electron chi connectivity index (χ3n) is 5.48. The van der Waals surface area contributed by atoms with Crippen molar-refractivity contribution in [2.24, 2.45) is 0 Å². The fourth-order valence-corrected chi connectivity index (χ4v) is 3.70. The van der Waals surface area contributed by atoms with Crippen LogP contribution in [0.4, 0.5) is 29.7 Å². The van der Waals surface area contributed by atoms with Gasteiger partial charge in [-0.05, 0) is 18.6 Å². The van der Waals surface area contributed by atoms with Gasteiger partial charge in [-0.15, -0.1) is 0 Å². The van der Waals surface area contributed by atoms with Crippen molar-refractivity contribution in [3.8, 4) is 0 Å². The molecule has 1 aromatic carbocycles. The van der Waals surface area contributed by atoms with E-state index in [1.807, 2.05) is 0 Å². The first kappa shape index (κ1) is 26.3. The van der Waals surface area contributed by atoms with E-state index in [1.54, 1.807) is 14.1 Å². The standard InChI is InChI=1S/C21H28F2N6O5S/c1-26(2)19(24)25-20(30)29-7-6-27(8-9-33-29)18-15(22)10-13(11-16(18)23)28-12-14(34-21(28)31)4-5-17(35)32-3/h10-11,14H,4-9,12H2,1-3H3,(H2,24,25,30)/t14-/m0/s1. The zero-order chi connectivity index (χ0) is 25.7. The molecule has 2 saturated heterocycles. The summed E-state index contributed by atoms with van der Waals surface area (Å²) in [5.74, 6) is -1.84. The highest BCUT2D eigenvalue weighted by Gasteiger charge is 2.34. The van der Waals surface area contributed by atoms with E-state index >= 15 is 8.78 Å². The van der Waals surface area contributed by atoms with E-state index < -0.39 is 29.9 Å². The van der Waals surface area contributed by atoms with Crippen LogP contribution >= 0.6 is 12.2 Å². The number of thiocarbonyl (C=S) groups is 1. The molecule has 1 aromatic rings. The van der Waals surface area contributed by atoms with Crippen LogP contribution in [-0.2, 0) is 14.3 Å². The predicted octanol–water partition coefficient (Wildman–Crippen LogP) is 2.30. The summed E-state index contributed by atoms with van der Waals surface area (Å²) in [7, 11) is 4.66. The zero-order valence-electron chi connectivity index (χ0n) is 19.7. The second-order valence-corrected chi connectivity index (χ2v) is 8.54. The van der Waals surface area contributed by atoms with E-state index in [0.717, 1.165) is 17.2 Å². The van der Waals surface area contributed by atoms with E-state index in [1.165, 1.54) is 21.8 Å². The number of methoxy groups -OCH3 is 1. The predicted molar refractivity (Wildman–Crippen MR) is 128 cm³/mol. The minimum absolute atomic E-state index is 0.00713. The van der Waals surface area contributed by atoms with Crippen molar-refractivity contribution in [3.05, 3.63) is 23.8 Å². The molecule has 0 aliphatic carbocycles. The monoisotopic (exact) mass is 514 g/mol. The molecule has 3 amide bonds. The largest absolute Gasteiger partial charge is 0.490 e. The molecule has 2 aliphatic heterocycles. The molecule has 2 fully saturated rings. The third kappa shape index (κ3) is 6.45. The van der Waals surface area contributed by atoms with Gasteiger partial charge in [0.05, 0.1) is 32.5 Å². The first-order chi connectivity index (χ1) is 16.6. The van der Waals surface area contributed by atoms with Gasteiger partial charge in [0.25, 0.3) is 0 Å². The van der Waals surface area contributed by atoms with Crippen molar-refractivity contribution in [1.29, 1.82) is 5.41 Å². The van der Waals surface area contributed by atoms with Crippen LogP contribution in [0, 0.1) is 17.0 Å². The minimum Gasteiger partial charge on any atom is -0.490 e. The lowest BCUT2D eigenvalue weighted by molar-refractivity contribution is -0.103. The van der Waals surface area contributed by atoms with Crippen LogP contribution in [0.5, 0.6) is 0 Å². The molecule has 2 N–H and O–H groups in total. The summed E-state index contributed by atoms with van der Waals surface area (Å²) in [6.45, 7) is 0.342. The SMILES string of the molecule is COC(=S)CC[C@H]1CN(c2cc(F)c(N3CCON(C(=O)NC(=N)N(C)C)CC3)c(F)c2)C(=O)O1. The molecular weight excluding hydrogens is 486 g/mol. The molecule has 2 aliphatic rings. The Hall–Kier alpha value is -3.26. The summed E-state index contributed by atoms with van der Waals surface area (Å²) in [5.41, 5.74) is -0.241. The number of carbonyl (C=O) groups is 2. The number of rotatable bonds is 5. The number of cyclic esters (lactones) is 1. The zero-order valence-corrected chi connectivity index (χ0v) is 20.5. The quantitative estimate of drug-likeness (QED) is 0.350. The Morgan fingerprint density at radius 2 is 1.97 bits per heavy atom. The van der Waals surface area contributed by atoms with Gasteiger partial charge >= 0.3 is 12.1 Å². The second-order valence-electron chi connectivity index (χ2n) is 8.08. The smallest absolute Gasteiger partial charge is 0.414 e. The second kappa shape index (κ2) is 11.4. The Balaban J connectivity index is 1.67. The molecule has 0 radical (unpaired) electrons. The van der Waals surface area contributed by atoms with Crippen molar-refractivity contribution < 1.29 is 32.7 Å². The van der Waals surface area contributed by atoms with Gasteiger partial charge in [0, 0.05) is 45.7 Å². The minimum atomic E-state index is -0.857. The maximum atomic E-state index is 15.1. The Labute approximate surface area is 206 Å². The first-order valence-electron chi connectivity index (χ1n) is 10.9. The lowest BCUT2D eigenvalue weighted by Crippen LogP contribution is -2.47. The Morgan fingerprint density at radius 1 is 1.29 bits per heavy atom. The van der Waals surface area contributed by atoms with Gasteiger partial charge in [-0.3, -0.25) is 20.5 Å². The van der Waals surface area contributed by atoms with Gasteiger partial charge in [-0.2, -0.15) is 0 Å². The third-order valence-corrected chi connectivity index (χ3v) is 5.85. The van der Waals surface area contributed by atoms with Crippen LogP contribution in [0.2, 0.25) is 0 Å². The van der Waals surface area contributed by atoms with E-state index in [2.05, 4.69) is 5.32 Å². The fraction of sp³-hybridized carbons (Fsp3) is 0.524. The summed E-state index contributed by atoms with van der Waals surface area (Å²) >= 11 is 4.99. The van der Waals surface area contributed by atoms with Gasteiger partial charge in [-0.1, -0.05) is 0 Å². The number of carbonyl (C=O) groups excluding carboxylic acids is 2. The van der Waals surface area contributed by atoms with Crippen LogP contribution in [0.25, 0.3) is 0 Å². The van der Waals surface area contributed by atoms with Crippen LogP contribution in [0.15, 0.2) is 12.1 Å². The van der Waals surface area contributed by atoms with Crippen molar-refractivity contribution >= 4 is 46.7 Å². The van der Waals surface area contributed by atoms with Gasteiger partial charge in [0.15, 0.2) is 22.6 Å². The van der Waals surface area contributed by atoms with Crippen LogP contribution in [-0.4, -0.2) is 93.2 Å². The number of ether oxygens (including phenoxy) is 2. The molecule has 0 bridgehead atoms. The van der Waals surface area contributed by atoms with Crippen molar-refractivity contribution in [2.45, 2.75) is 18.9 Å². The van der Waals surface area contributed by atoms with Gasteiger partial charge in [-0.25, -0.2) is 23.4 Å². The Bertz CT molecular complexity index is 974. The molecule has 192 valence electrons. The molecule has 14 heteroatoms. The highest BCUT2D eigenvalue weighted by molar-refractivity contribution is 7.80. The molecule has 2 heterocycles. The molecular formula is C21H28F2N6O5S. The Morgan fingerprint density at radius 3 is 2.60 bits per heavy atom. The van der Waals surface area contributed by atoms with Crippen LogP contribution in [0.3, 0.4) is 0 Å². The summed E-state index contributed by atoms with van der Waals surface area (Å²) < 4.78 is 40.3. The van der Waals surface area contributed by atoms with E-state index in [4.69, 9.17) is 31.9 Å².